The second kappa shape index (κ2) is 5.92. The first-order chi connectivity index (χ1) is 9.79. The highest BCUT2D eigenvalue weighted by Gasteiger charge is 2.21. The molecular formula is C10H6BrClN4O4S. The Morgan fingerprint density at radius 1 is 1.29 bits per heavy atom. The van der Waals surface area contributed by atoms with E-state index < -0.39 is 14.9 Å². The fourth-order valence-corrected chi connectivity index (χ4v) is 3.12. The minimum Gasteiger partial charge on any atom is -0.262 e. The SMILES string of the molecule is O=[N+]([O-])c1ccc(S(=O)(=O)Nc2cnc(Br)cn2)c(Cl)c1. The van der Waals surface area contributed by atoms with Crippen LogP contribution in [0, 0.1) is 10.1 Å². The molecular weight excluding hydrogens is 388 g/mol. The summed E-state index contributed by atoms with van der Waals surface area (Å²) in [5.74, 6) is -0.00683. The number of hydrogen-bond donors (Lipinski definition) is 1. The summed E-state index contributed by atoms with van der Waals surface area (Å²) in [6.45, 7) is 0. The second-order valence-corrected chi connectivity index (χ2v) is 6.57. The Morgan fingerprint density at radius 2 is 2.00 bits per heavy atom. The average molecular weight is 394 g/mol. The van der Waals surface area contributed by atoms with Crippen molar-refractivity contribution < 1.29 is 13.3 Å². The predicted octanol–water partition coefficient (Wildman–Crippen LogP) is 2.60. The second-order valence-electron chi connectivity index (χ2n) is 3.70. The van der Waals surface area contributed by atoms with Crippen LogP contribution < -0.4 is 4.72 Å². The standard InChI is InChI=1S/C10H6BrClN4O4S/c11-9-4-14-10(5-13-9)15-21(19,20)8-2-1-6(16(17)18)3-7(8)12/h1-5H,(H,14,15). The van der Waals surface area contributed by atoms with E-state index in [-0.39, 0.29) is 21.4 Å². The summed E-state index contributed by atoms with van der Waals surface area (Å²) in [6.07, 6.45) is 2.52. The van der Waals surface area contributed by atoms with Crippen molar-refractivity contribution in [3.05, 3.63) is 50.3 Å². The maximum Gasteiger partial charge on any atom is 0.271 e. The number of halogens is 2. The van der Waals surface area contributed by atoms with Gasteiger partial charge in [-0.05, 0) is 22.0 Å². The topological polar surface area (TPSA) is 115 Å². The molecule has 11 heteroatoms. The van der Waals surface area contributed by atoms with Gasteiger partial charge in [-0.2, -0.15) is 0 Å². The minimum atomic E-state index is -4.02. The van der Waals surface area contributed by atoms with Gasteiger partial charge in [0.05, 0.1) is 22.3 Å². The lowest BCUT2D eigenvalue weighted by Gasteiger charge is -2.08. The van der Waals surface area contributed by atoms with E-state index in [1.165, 1.54) is 12.4 Å². The number of rotatable bonds is 4. The molecule has 0 aliphatic rings. The molecule has 0 amide bonds. The molecule has 0 atom stereocenters. The maximum absolute atomic E-state index is 12.1. The van der Waals surface area contributed by atoms with E-state index in [0.717, 1.165) is 18.2 Å². The van der Waals surface area contributed by atoms with Crippen LogP contribution in [0.15, 0.2) is 40.1 Å². The van der Waals surface area contributed by atoms with E-state index in [2.05, 4.69) is 30.6 Å². The molecule has 0 aliphatic heterocycles. The third-order valence-electron chi connectivity index (χ3n) is 2.28. The molecule has 1 aromatic heterocycles. The van der Waals surface area contributed by atoms with Gasteiger partial charge in [-0.25, -0.2) is 18.4 Å². The van der Waals surface area contributed by atoms with Gasteiger partial charge in [0.1, 0.15) is 9.50 Å². The van der Waals surface area contributed by atoms with E-state index in [4.69, 9.17) is 11.6 Å². The van der Waals surface area contributed by atoms with Crippen molar-refractivity contribution in [3.8, 4) is 0 Å². The van der Waals surface area contributed by atoms with Crippen molar-refractivity contribution in [2.24, 2.45) is 0 Å². The van der Waals surface area contributed by atoms with Gasteiger partial charge in [-0.1, -0.05) is 11.6 Å². The third-order valence-corrected chi connectivity index (χ3v) is 4.52. The smallest absolute Gasteiger partial charge is 0.262 e. The summed E-state index contributed by atoms with van der Waals surface area (Å²) >= 11 is 8.85. The first-order valence-electron chi connectivity index (χ1n) is 5.24. The van der Waals surface area contributed by atoms with Crippen LogP contribution in [0.5, 0.6) is 0 Å². The van der Waals surface area contributed by atoms with Gasteiger partial charge in [0.2, 0.25) is 0 Å². The van der Waals surface area contributed by atoms with Crippen molar-refractivity contribution in [3.63, 3.8) is 0 Å². The van der Waals surface area contributed by atoms with Gasteiger partial charge in [-0.3, -0.25) is 14.8 Å². The first kappa shape index (κ1) is 15.6. The van der Waals surface area contributed by atoms with E-state index in [1.807, 2.05) is 0 Å². The van der Waals surface area contributed by atoms with Crippen LogP contribution in [-0.4, -0.2) is 23.3 Å². The first-order valence-corrected chi connectivity index (χ1v) is 7.89. The normalized spacial score (nSPS) is 11.1. The Bertz CT molecular complexity index is 797. The molecule has 0 fully saturated rings. The Labute approximate surface area is 132 Å². The highest BCUT2D eigenvalue weighted by Crippen LogP contribution is 2.27. The number of aromatic nitrogens is 2. The van der Waals surface area contributed by atoms with Crippen molar-refractivity contribution in [1.29, 1.82) is 0 Å². The highest BCUT2D eigenvalue weighted by atomic mass is 79.9. The molecule has 2 aromatic rings. The lowest BCUT2D eigenvalue weighted by atomic mass is 10.3. The summed E-state index contributed by atoms with van der Waals surface area (Å²) in [4.78, 5) is 17.3. The Kier molecular flexibility index (Phi) is 4.40. The zero-order valence-electron chi connectivity index (χ0n) is 10.0. The van der Waals surface area contributed by atoms with Crippen molar-refractivity contribution in [2.75, 3.05) is 4.72 Å². The van der Waals surface area contributed by atoms with E-state index in [0.29, 0.717) is 4.60 Å². The zero-order valence-corrected chi connectivity index (χ0v) is 13.2. The molecule has 0 aliphatic carbocycles. The number of nitro groups is 1. The summed E-state index contributed by atoms with van der Waals surface area (Å²) in [5.41, 5.74) is -0.303. The maximum atomic E-state index is 12.1. The highest BCUT2D eigenvalue weighted by molar-refractivity contribution is 9.10. The minimum absolute atomic E-state index is 0.00683. The van der Waals surface area contributed by atoms with Gasteiger partial charge in [0, 0.05) is 12.1 Å². The molecule has 0 saturated heterocycles. The Hall–Kier alpha value is -1.78. The summed E-state index contributed by atoms with van der Waals surface area (Å²) in [5, 5.41) is 10.3. The quantitative estimate of drug-likeness (QED) is 0.630. The number of non-ortho nitro benzene ring substituents is 1. The van der Waals surface area contributed by atoms with Crippen LogP contribution in [0.3, 0.4) is 0 Å². The summed E-state index contributed by atoms with van der Waals surface area (Å²) < 4.78 is 26.9. The van der Waals surface area contributed by atoms with Crippen molar-refractivity contribution >= 4 is 49.1 Å². The number of anilines is 1. The largest absolute Gasteiger partial charge is 0.271 e. The fraction of sp³-hybridized carbons (Fsp3) is 0. The van der Waals surface area contributed by atoms with E-state index in [1.54, 1.807) is 0 Å². The molecule has 0 spiro atoms. The molecule has 1 heterocycles. The number of nitrogens with zero attached hydrogens (tertiary/aromatic N) is 3. The number of nitrogens with one attached hydrogen (secondary N) is 1. The van der Waals surface area contributed by atoms with Gasteiger partial charge in [-0.15, -0.1) is 0 Å². The van der Waals surface area contributed by atoms with Gasteiger partial charge in [0.15, 0.2) is 5.82 Å². The molecule has 0 bridgehead atoms. The molecule has 0 saturated carbocycles. The summed E-state index contributed by atoms with van der Waals surface area (Å²) in [6, 6.07) is 3.06. The monoisotopic (exact) mass is 392 g/mol. The van der Waals surface area contributed by atoms with Gasteiger partial charge < -0.3 is 0 Å². The van der Waals surface area contributed by atoms with Crippen LogP contribution in [-0.2, 0) is 10.0 Å². The lowest BCUT2D eigenvalue weighted by molar-refractivity contribution is -0.384. The molecule has 0 unspecified atom stereocenters. The van der Waals surface area contributed by atoms with Crippen molar-refractivity contribution in [2.45, 2.75) is 4.90 Å². The molecule has 0 radical (unpaired) electrons. The lowest BCUT2D eigenvalue weighted by Crippen LogP contribution is -2.14. The van der Waals surface area contributed by atoms with E-state index in [9.17, 15) is 18.5 Å². The van der Waals surface area contributed by atoms with Crippen LogP contribution in [0.4, 0.5) is 11.5 Å². The molecule has 2 rings (SSSR count). The molecule has 8 nitrogen and oxygen atoms in total. The number of benzene rings is 1. The summed E-state index contributed by atoms with van der Waals surface area (Å²) in [7, 11) is -4.02. The van der Waals surface area contributed by atoms with Gasteiger partial charge >= 0.3 is 0 Å². The number of hydrogen-bond acceptors (Lipinski definition) is 6. The third kappa shape index (κ3) is 3.65. The van der Waals surface area contributed by atoms with Crippen LogP contribution in [0.2, 0.25) is 5.02 Å². The van der Waals surface area contributed by atoms with Crippen LogP contribution in [0.1, 0.15) is 0 Å². The molecule has 21 heavy (non-hydrogen) atoms. The van der Waals surface area contributed by atoms with Crippen LogP contribution in [0.25, 0.3) is 0 Å². The van der Waals surface area contributed by atoms with E-state index >= 15 is 0 Å². The van der Waals surface area contributed by atoms with Crippen molar-refractivity contribution in [1.82, 2.24) is 9.97 Å². The number of sulfonamides is 1. The molecule has 110 valence electrons. The number of nitro benzene ring substituents is 1. The Morgan fingerprint density at radius 3 is 2.52 bits per heavy atom. The predicted molar refractivity (Wildman–Crippen MR) is 78.6 cm³/mol. The zero-order chi connectivity index (χ0) is 15.6. The van der Waals surface area contributed by atoms with Gasteiger partial charge in [0.25, 0.3) is 15.7 Å². The fourth-order valence-electron chi connectivity index (χ4n) is 1.38. The van der Waals surface area contributed by atoms with Crippen LogP contribution >= 0.6 is 27.5 Å². The average Bonchev–Trinajstić information content (AvgIpc) is 2.40. The molecule has 1 N–H and O–H groups in total. The molecule has 1 aromatic carbocycles. The Balaban J connectivity index is 2.35.